The number of anilines is 2. The van der Waals surface area contributed by atoms with Crippen molar-refractivity contribution in [3.8, 4) is 0 Å². The monoisotopic (exact) mass is 240 g/mol. The fourth-order valence-electron chi connectivity index (χ4n) is 1.80. The number of rotatable bonds is 4. The molecule has 16 heavy (non-hydrogen) atoms. The Morgan fingerprint density at radius 3 is 2.81 bits per heavy atom. The van der Waals surface area contributed by atoms with Gasteiger partial charge in [0, 0.05) is 6.54 Å². The highest BCUT2D eigenvalue weighted by molar-refractivity contribution is 7.11. The van der Waals surface area contributed by atoms with E-state index in [4.69, 9.17) is 11.5 Å². The molecule has 1 unspecified atom stereocenters. The van der Waals surface area contributed by atoms with E-state index in [0.717, 1.165) is 6.54 Å². The molecule has 1 aliphatic carbocycles. The van der Waals surface area contributed by atoms with Gasteiger partial charge in [0.1, 0.15) is 10.6 Å². The lowest BCUT2D eigenvalue weighted by atomic mass is 10.1. The number of nitrogen functional groups attached to an aromatic ring is 1. The zero-order chi connectivity index (χ0) is 11.9. The van der Waals surface area contributed by atoms with E-state index in [-0.39, 0.29) is 5.82 Å². The predicted octanol–water partition coefficient (Wildman–Crippen LogP) is 1.28. The molecule has 1 aromatic rings. The molecule has 0 bridgehead atoms. The van der Waals surface area contributed by atoms with Gasteiger partial charge in [0.2, 0.25) is 0 Å². The summed E-state index contributed by atoms with van der Waals surface area (Å²) in [7, 11) is 0. The highest BCUT2D eigenvalue weighted by Crippen LogP contribution is 2.51. The lowest BCUT2D eigenvalue weighted by Crippen LogP contribution is -2.15. The van der Waals surface area contributed by atoms with Crippen LogP contribution in [0.2, 0.25) is 0 Å². The standard InChI is InChI=1S/C10H16N4OS/c1-10(2)3-5(10)4-13-9-6(8(12)15)7(11)14-16-9/h5,13H,3-4H2,1-2H3,(H2,11,14)(H2,12,15). The van der Waals surface area contributed by atoms with Crippen molar-refractivity contribution in [3.63, 3.8) is 0 Å². The first-order chi connectivity index (χ1) is 7.42. The maximum absolute atomic E-state index is 11.2. The molecular formula is C10H16N4OS. The Bertz CT molecular complexity index is 426. The SMILES string of the molecule is CC1(C)CC1CNc1snc(N)c1C(N)=O. The molecule has 5 nitrogen and oxygen atoms in total. The summed E-state index contributed by atoms with van der Waals surface area (Å²) in [5.74, 6) is 0.343. The largest absolute Gasteiger partial charge is 0.382 e. The summed E-state index contributed by atoms with van der Waals surface area (Å²) in [5, 5.41) is 3.90. The number of carbonyl (C=O) groups excluding carboxylic acids is 1. The molecule has 1 saturated carbocycles. The number of nitrogens with two attached hydrogens (primary N) is 2. The maximum atomic E-state index is 11.2. The van der Waals surface area contributed by atoms with E-state index in [1.54, 1.807) is 0 Å². The highest BCUT2D eigenvalue weighted by atomic mass is 32.1. The second-order valence-electron chi connectivity index (χ2n) is 4.91. The summed E-state index contributed by atoms with van der Waals surface area (Å²) < 4.78 is 3.93. The van der Waals surface area contributed by atoms with Crippen LogP contribution in [-0.2, 0) is 0 Å². The minimum atomic E-state index is -0.524. The third-order valence-corrected chi connectivity index (χ3v) is 4.01. The normalized spacial score (nSPS) is 21.8. The van der Waals surface area contributed by atoms with Gasteiger partial charge in [-0.05, 0) is 29.3 Å². The Labute approximate surface area is 98.4 Å². The number of amides is 1. The van der Waals surface area contributed by atoms with Gasteiger partial charge in [-0.1, -0.05) is 13.8 Å². The van der Waals surface area contributed by atoms with Gasteiger partial charge in [-0.15, -0.1) is 0 Å². The summed E-state index contributed by atoms with van der Waals surface area (Å²) in [6, 6.07) is 0. The van der Waals surface area contributed by atoms with Crippen molar-refractivity contribution in [2.24, 2.45) is 17.1 Å². The molecule has 5 N–H and O–H groups in total. The molecule has 0 radical (unpaired) electrons. The van der Waals surface area contributed by atoms with E-state index < -0.39 is 5.91 Å². The molecule has 0 aliphatic heterocycles. The molecule has 1 aromatic heterocycles. The Kier molecular flexibility index (Phi) is 2.53. The Balaban J connectivity index is 2.02. The highest BCUT2D eigenvalue weighted by Gasteiger charge is 2.45. The van der Waals surface area contributed by atoms with Gasteiger partial charge in [0.05, 0.1) is 0 Å². The van der Waals surface area contributed by atoms with Crippen LogP contribution >= 0.6 is 11.5 Å². The first-order valence-corrected chi connectivity index (χ1v) is 5.98. The van der Waals surface area contributed by atoms with Crippen LogP contribution in [0.15, 0.2) is 0 Å². The van der Waals surface area contributed by atoms with Gasteiger partial charge in [0.15, 0.2) is 5.82 Å². The molecule has 1 atom stereocenters. The molecule has 0 aromatic carbocycles. The van der Waals surface area contributed by atoms with Crippen molar-refractivity contribution in [3.05, 3.63) is 5.56 Å². The molecule has 2 rings (SSSR count). The van der Waals surface area contributed by atoms with Crippen molar-refractivity contribution in [1.29, 1.82) is 0 Å². The Morgan fingerprint density at radius 1 is 1.69 bits per heavy atom. The maximum Gasteiger partial charge on any atom is 0.255 e. The van der Waals surface area contributed by atoms with Crippen molar-refractivity contribution < 1.29 is 4.79 Å². The van der Waals surface area contributed by atoms with Crippen LogP contribution in [-0.4, -0.2) is 16.8 Å². The smallest absolute Gasteiger partial charge is 0.255 e. The van der Waals surface area contributed by atoms with E-state index in [0.29, 0.717) is 21.9 Å². The van der Waals surface area contributed by atoms with Crippen molar-refractivity contribution in [2.45, 2.75) is 20.3 Å². The van der Waals surface area contributed by atoms with Crippen LogP contribution in [0.25, 0.3) is 0 Å². The number of nitrogens with zero attached hydrogens (tertiary/aromatic N) is 1. The van der Waals surface area contributed by atoms with Crippen LogP contribution in [0.3, 0.4) is 0 Å². The van der Waals surface area contributed by atoms with Gasteiger partial charge >= 0.3 is 0 Å². The fourth-order valence-corrected chi connectivity index (χ4v) is 2.53. The molecule has 88 valence electrons. The van der Waals surface area contributed by atoms with Gasteiger partial charge < -0.3 is 16.8 Å². The summed E-state index contributed by atoms with van der Waals surface area (Å²) in [5.41, 5.74) is 11.6. The molecule has 1 heterocycles. The van der Waals surface area contributed by atoms with Gasteiger partial charge in [-0.25, -0.2) is 0 Å². The van der Waals surface area contributed by atoms with Crippen LogP contribution < -0.4 is 16.8 Å². The first kappa shape index (κ1) is 11.2. The zero-order valence-corrected chi connectivity index (χ0v) is 10.2. The minimum Gasteiger partial charge on any atom is -0.382 e. The summed E-state index contributed by atoms with van der Waals surface area (Å²) in [4.78, 5) is 11.2. The number of primary amides is 1. The molecule has 0 spiro atoms. The summed E-state index contributed by atoms with van der Waals surface area (Å²) in [6.07, 6.45) is 1.21. The third kappa shape index (κ3) is 1.97. The molecule has 1 amide bonds. The van der Waals surface area contributed by atoms with Crippen molar-refractivity contribution in [2.75, 3.05) is 17.6 Å². The average Bonchev–Trinajstić information content (AvgIpc) is 2.61. The number of hydrogen-bond donors (Lipinski definition) is 3. The van der Waals surface area contributed by atoms with Crippen LogP contribution in [0, 0.1) is 11.3 Å². The van der Waals surface area contributed by atoms with E-state index in [9.17, 15) is 4.79 Å². The fraction of sp³-hybridized carbons (Fsp3) is 0.600. The molecule has 1 fully saturated rings. The lowest BCUT2D eigenvalue weighted by Gasteiger charge is -2.06. The number of aromatic nitrogens is 1. The summed E-state index contributed by atoms with van der Waals surface area (Å²) in [6.45, 7) is 5.31. The molecule has 6 heteroatoms. The average molecular weight is 240 g/mol. The van der Waals surface area contributed by atoms with E-state index in [2.05, 4.69) is 23.5 Å². The number of carbonyl (C=O) groups is 1. The first-order valence-electron chi connectivity index (χ1n) is 5.20. The van der Waals surface area contributed by atoms with E-state index in [1.165, 1.54) is 18.0 Å². The van der Waals surface area contributed by atoms with Crippen LogP contribution in [0.4, 0.5) is 10.8 Å². The predicted molar refractivity (Wildman–Crippen MR) is 65.4 cm³/mol. The van der Waals surface area contributed by atoms with E-state index >= 15 is 0 Å². The second kappa shape index (κ2) is 3.62. The Morgan fingerprint density at radius 2 is 2.31 bits per heavy atom. The lowest BCUT2D eigenvalue weighted by molar-refractivity contribution is 0.100. The summed E-state index contributed by atoms with van der Waals surface area (Å²) >= 11 is 1.19. The molecule has 1 aliphatic rings. The third-order valence-electron chi connectivity index (χ3n) is 3.19. The van der Waals surface area contributed by atoms with Gasteiger partial charge in [-0.2, -0.15) is 4.37 Å². The van der Waals surface area contributed by atoms with Crippen LogP contribution in [0.5, 0.6) is 0 Å². The number of nitrogens with one attached hydrogen (secondary N) is 1. The number of hydrogen-bond acceptors (Lipinski definition) is 5. The molecule has 0 saturated heterocycles. The van der Waals surface area contributed by atoms with Crippen molar-refractivity contribution in [1.82, 2.24) is 4.37 Å². The van der Waals surface area contributed by atoms with E-state index in [1.807, 2.05) is 0 Å². The zero-order valence-electron chi connectivity index (χ0n) is 9.41. The quantitative estimate of drug-likeness (QED) is 0.739. The second-order valence-corrected chi connectivity index (χ2v) is 5.68. The topological polar surface area (TPSA) is 94.0 Å². The van der Waals surface area contributed by atoms with Crippen LogP contribution in [0.1, 0.15) is 30.6 Å². The van der Waals surface area contributed by atoms with Gasteiger partial charge in [0.25, 0.3) is 5.91 Å². The van der Waals surface area contributed by atoms with Gasteiger partial charge in [-0.3, -0.25) is 4.79 Å². The van der Waals surface area contributed by atoms with Crippen molar-refractivity contribution >= 4 is 28.3 Å². The molecular weight excluding hydrogens is 224 g/mol. The Hall–Kier alpha value is -1.30. The minimum absolute atomic E-state index is 0.218.